The van der Waals surface area contributed by atoms with Crippen LogP contribution in [0.4, 0.5) is 0 Å². The van der Waals surface area contributed by atoms with Crippen molar-refractivity contribution in [1.29, 1.82) is 0 Å². The van der Waals surface area contributed by atoms with E-state index in [1.807, 2.05) is 79.0 Å². The first kappa shape index (κ1) is 16.3. The van der Waals surface area contributed by atoms with Crippen molar-refractivity contribution in [2.24, 2.45) is 0 Å². The summed E-state index contributed by atoms with van der Waals surface area (Å²) in [6, 6.07) is 21.8. The van der Waals surface area contributed by atoms with E-state index in [1.54, 1.807) is 0 Å². The Kier molecular flexibility index (Phi) is 4.34. The Labute approximate surface area is 151 Å². The fraction of sp³-hybridized carbons (Fsp3) is 0.100. The summed E-state index contributed by atoms with van der Waals surface area (Å²) >= 11 is 1.42. The average Bonchev–Trinajstić information content (AvgIpc) is 3.14. The van der Waals surface area contributed by atoms with E-state index in [4.69, 9.17) is 9.05 Å². The number of benzene rings is 2. The van der Waals surface area contributed by atoms with Gasteiger partial charge >= 0.3 is 7.60 Å². The fourth-order valence-corrected chi connectivity index (χ4v) is 6.08. The van der Waals surface area contributed by atoms with Gasteiger partial charge in [-0.3, -0.25) is 4.52 Å². The van der Waals surface area contributed by atoms with Crippen LogP contribution >= 0.6 is 18.9 Å². The van der Waals surface area contributed by atoms with Crippen molar-refractivity contribution in [3.63, 3.8) is 0 Å². The number of thiophene rings is 1. The summed E-state index contributed by atoms with van der Waals surface area (Å²) in [7, 11) is -3.37. The van der Waals surface area contributed by atoms with Gasteiger partial charge in [0.25, 0.3) is 0 Å². The smallest absolute Gasteiger partial charge is 0.419 e. The molecule has 2 aromatic carbocycles. The lowest BCUT2D eigenvalue weighted by molar-refractivity contribution is 0.279. The van der Waals surface area contributed by atoms with Crippen LogP contribution in [-0.2, 0) is 13.6 Å². The van der Waals surface area contributed by atoms with Crippen LogP contribution in [0.25, 0.3) is 11.3 Å². The van der Waals surface area contributed by atoms with Crippen molar-refractivity contribution in [2.75, 3.05) is 6.61 Å². The van der Waals surface area contributed by atoms with Crippen molar-refractivity contribution < 1.29 is 13.6 Å². The monoisotopic (exact) mass is 368 g/mol. The quantitative estimate of drug-likeness (QED) is 0.567. The predicted molar refractivity (Wildman–Crippen MR) is 103 cm³/mol. The van der Waals surface area contributed by atoms with E-state index >= 15 is 0 Å². The second kappa shape index (κ2) is 6.64. The highest BCUT2D eigenvalue weighted by molar-refractivity contribution is 7.69. The molecule has 3 nitrogen and oxygen atoms in total. The maximum absolute atomic E-state index is 13.4. The van der Waals surface area contributed by atoms with E-state index in [0.717, 1.165) is 22.3 Å². The molecule has 1 atom stereocenters. The maximum atomic E-state index is 13.4. The molecule has 0 spiro atoms. The lowest BCUT2D eigenvalue weighted by Gasteiger charge is -2.28. The number of fused-ring (bicyclic) bond motifs is 1. The Morgan fingerprint density at radius 2 is 1.60 bits per heavy atom. The zero-order valence-corrected chi connectivity index (χ0v) is 15.4. The molecule has 25 heavy (non-hydrogen) atoms. The van der Waals surface area contributed by atoms with Crippen molar-refractivity contribution in [3.05, 3.63) is 88.8 Å². The number of hydrogen-bond acceptors (Lipinski definition) is 4. The standard InChI is InChI=1S/C20H17O3PS/c1-2-22-24(21)20-17(13-14-25-20)18(15-9-5-3-6-10-15)19(23-24)16-11-7-4-8-12-16/h3-14H,2H2,1H3. The normalized spacial score (nSPS) is 19.4. The van der Waals surface area contributed by atoms with Gasteiger partial charge in [-0.15, -0.1) is 11.3 Å². The lowest BCUT2D eigenvalue weighted by atomic mass is 9.96. The molecular weight excluding hydrogens is 351 g/mol. The molecule has 5 heteroatoms. The van der Waals surface area contributed by atoms with Gasteiger partial charge in [-0.25, -0.2) is 4.57 Å². The van der Waals surface area contributed by atoms with Crippen molar-refractivity contribution in [3.8, 4) is 0 Å². The Hall–Kier alpha value is -2.13. The largest absolute Gasteiger partial charge is 0.421 e. The van der Waals surface area contributed by atoms with Crippen LogP contribution in [0.3, 0.4) is 0 Å². The van der Waals surface area contributed by atoms with Gasteiger partial charge < -0.3 is 4.52 Å². The van der Waals surface area contributed by atoms with Crippen LogP contribution in [0.15, 0.2) is 72.1 Å². The van der Waals surface area contributed by atoms with Crippen LogP contribution in [0, 0.1) is 0 Å². The minimum absolute atomic E-state index is 0.331. The molecule has 0 aliphatic carbocycles. The topological polar surface area (TPSA) is 35.5 Å². The zero-order chi connectivity index (χ0) is 17.3. The van der Waals surface area contributed by atoms with Gasteiger partial charge in [0.1, 0.15) is 10.4 Å². The summed E-state index contributed by atoms with van der Waals surface area (Å²) in [4.78, 5) is 0. The van der Waals surface area contributed by atoms with Crippen LogP contribution in [0.2, 0.25) is 0 Å². The molecule has 0 saturated carbocycles. The lowest BCUT2D eigenvalue weighted by Crippen LogP contribution is -2.17. The third-order valence-electron chi connectivity index (χ3n) is 4.00. The average molecular weight is 368 g/mol. The van der Waals surface area contributed by atoms with Crippen LogP contribution in [-0.4, -0.2) is 6.61 Å². The molecule has 2 heterocycles. The Morgan fingerprint density at radius 3 is 2.24 bits per heavy atom. The molecule has 0 N–H and O–H groups in total. The molecule has 126 valence electrons. The minimum atomic E-state index is -3.37. The number of rotatable bonds is 4. The van der Waals surface area contributed by atoms with Crippen LogP contribution in [0.5, 0.6) is 0 Å². The molecule has 1 aliphatic heterocycles. The summed E-state index contributed by atoms with van der Waals surface area (Å²) in [5, 5.41) is 1.94. The second-order valence-corrected chi connectivity index (χ2v) is 8.68. The van der Waals surface area contributed by atoms with E-state index in [2.05, 4.69) is 0 Å². The first-order chi connectivity index (χ1) is 12.2. The summed E-state index contributed by atoms with van der Waals surface area (Å²) in [6.07, 6.45) is 0. The number of hydrogen-bond donors (Lipinski definition) is 0. The minimum Gasteiger partial charge on any atom is -0.419 e. The van der Waals surface area contributed by atoms with Crippen LogP contribution < -0.4 is 4.62 Å². The Morgan fingerprint density at radius 1 is 0.960 bits per heavy atom. The van der Waals surface area contributed by atoms with Gasteiger partial charge in [-0.1, -0.05) is 60.7 Å². The van der Waals surface area contributed by atoms with E-state index in [9.17, 15) is 4.57 Å². The second-order valence-electron chi connectivity index (χ2n) is 5.58. The van der Waals surface area contributed by atoms with E-state index in [1.165, 1.54) is 11.3 Å². The summed E-state index contributed by atoms with van der Waals surface area (Å²) in [5.74, 6) is 0.606. The predicted octanol–water partition coefficient (Wildman–Crippen LogP) is 5.55. The Balaban J connectivity index is 2.01. The molecule has 0 fully saturated rings. The summed E-state index contributed by atoms with van der Waals surface area (Å²) < 4.78 is 25.8. The molecule has 0 radical (unpaired) electrons. The van der Waals surface area contributed by atoms with E-state index in [0.29, 0.717) is 17.0 Å². The molecule has 4 rings (SSSR count). The maximum Gasteiger partial charge on any atom is 0.421 e. The third kappa shape index (κ3) is 2.87. The first-order valence-electron chi connectivity index (χ1n) is 8.10. The van der Waals surface area contributed by atoms with Gasteiger partial charge in [0.15, 0.2) is 0 Å². The molecule has 1 unspecified atom stereocenters. The van der Waals surface area contributed by atoms with Gasteiger partial charge in [-0.05, 0) is 23.9 Å². The molecule has 3 aromatic rings. The SMILES string of the molecule is CCOP1(=O)OC(c2ccccc2)=C(c2ccccc2)c2ccsc21. The van der Waals surface area contributed by atoms with Crippen molar-refractivity contribution in [1.82, 2.24) is 0 Å². The molecule has 1 aliphatic rings. The zero-order valence-electron chi connectivity index (χ0n) is 13.7. The van der Waals surface area contributed by atoms with Crippen molar-refractivity contribution >= 4 is 34.9 Å². The highest BCUT2D eigenvalue weighted by atomic mass is 32.1. The third-order valence-corrected chi connectivity index (χ3v) is 7.46. The van der Waals surface area contributed by atoms with Gasteiger partial charge in [0.05, 0.1) is 6.61 Å². The first-order valence-corrected chi connectivity index (χ1v) is 10.5. The summed E-state index contributed by atoms with van der Waals surface area (Å²) in [5.41, 5.74) is 3.80. The molecule has 0 amide bonds. The molecule has 0 saturated heterocycles. The highest BCUT2D eigenvalue weighted by Crippen LogP contribution is 2.58. The summed E-state index contributed by atoms with van der Waals surface area (Å²) in [6.45, 7) is 2.16. The fourth-order valence-electron chi connectivity index (χ4n) is 2.97. The van der Waals surface area contributed by atoms with Gasteiger partial charge in [0, 0.05) is 16.7 Å². The highest BCUT2D eigenvalue weighted by Gasteiger charge is 2.40. The van der Waals surface area contributed by atoms with Crippen molar-refractivity contribution in [2.45, 2.75) is 6.92 Å². The van der Waals surface area contributed by atoms with E-state index < -0.39 is 7.60 Å². The van der Waals surface area contributed by atoms with Crippen LogP contribution in [0.1, 0.15) is 23.6 Å². The molecular formula is C20H17O3PS. The van der Waals surface area contributed by atoms with Gasteiger partial charge in [0.2, 0.25) is 0 Å². The molecule has 0 bridgehead atoms. The molecule has 1 aromatic heterocycles. The Bertz CT molecular complexity index is 961. The van der Waals surface area contributed by atoms with E-state index in [-0.39, 0.29) is 0 Å². The van der Waals surface area contributed by atoms with Gasteiger partial charge in [-0.2, -0.15) is 0 Å².